The van der Waals surface area contributed by atoms with Gasteiger partial charge in [-0.3, -0.25) is 14.2 Å². The average Bonchev–Trinajstić information content (AvgIpc) is 3.58. The Morgan fingerprint density at radius 2 is 0.633 bits per heavy atom. The van der Waals surface area contributed by atoms with Gasteiger partial charge in [-0.2, -0.15) is 0 Å². The smallest absolute Gasteiger partial charge is 0.306 e. The maximum absolute atomic E-state index is 12.8. The molecule has 0 heterocycles. The van der Waals surface area contributed by atoms with Gasteiger partial charge in [0.15, 0.2) is 6.10 Å². The van der Waals surface area contributed by atoms with Crippen molar-refractivity contribution in [3.05, 3.63) is 182 Å². The first-order valence-electron chi connectivity index (χ1n) is 35.5. The van der Waals surface area contributed by atoms with E-state index in [1.54, 1.807) is 0 Å². The topological polar surface area (TPSA) is 111 Å². The predicted octanol–water partition coefficient (Wildman–Crippen LogP) is 22.9. The van der Waals surface area contributed by atoms with Crippen LogP contribution in [0.2, 0.25) is 0 Å². The molecule has 0 N–H and O–H groups in total. The van der Waals surface area contributed by atoms with Crippen molar-refractivity contribution in [2.45, 2.75) is 264 Å². The molecule has 0 aliphatic heterocycles. The molecule has 0 aromatic carbocycles. The molecule has 0 saturated carbocycles. The number of nitrogens with zero attached hydrogens (tertiary/aromatic N) is 1. The molecule has 9 nitrogen and oxygen atoms in total. The Kier molecular flexibility index (Phi) is 64.8. The summed E-state index contributed by atoms with van der Waals surface area (Å²) in [6.45, 7) is 4.05. The van der Waals surface area contributed by atoms with Crippen molar-refractivity contribution in [2.75, 3.05) is 47.5 Å². The molecule has 0 fully saturated rings. The number of allylic oxidation sites excluding steroid dienone is 30. The lowest BCUT2D eigenvalue weighted by atomic mass is 10.0. The summed E-state index contributed by atoms with van der Waals surface area (Å²) >= 11 is 0. The van der Waals surface area contributed by atoms with Crippen LogP contribution in [0.1, 0.15) is 258 Å². The van der Waals surface area contributed by atoms with E-state index < -0.39 is 32.5 Å². The highest BCUT2D eigenvalue weighted by Crippen LogP contribution is 2.38. The number of carbonyl (C=O) groups is 2. The van der Waals surface area contributed by atoms with E-state index in [0.29, 0.717) is 23.9 Å². The number of phosphoric ester groups is 1. The normalized spacial score (nSPS) is 14.2. The molecular formula is C80H130NO8P. The van der Waals surface area contributed by atoms with Crippen molar-refractivity contribution < 1.29 is 42.1 Å². The number of ether oxygens (including phenoxy) is 2. The van der Waals surface area contributed by atoms with Crippen molar-refractivity contribution in [1.82, 2.24) is 0 Å². The first-order valence-corrected chi connectivity index (χ1v) is 37.0. The molecule has 2 atom stereocenters. The van der Waals surface area contributed by atoms with Gasteiger partial charge >= 0.3 is 11.9 Å². The number of hydrogen-bond acceptors (Lipinski definition) is 8. The van der Waals surface area contributed by atoms with E-state index in [2.05, 4.69) is 196 Å². The minimum Gasteiger partial charge on any atom is -0.756 e. The van der Waals surface area contributed by atoms with Crippen LogP contribution in [0, 0.1) is 0 Å². The van der Waals surface area contributed by atoms with Gasteiger partial charge in [0.25, 0.3) is 7.82 Å². The Labute approximate surface area is 552 Å². The van der Waals surface area contributed by atoms with Crippen LogP contribution in [0.3, 0.4) is 0 Å². The maximum Gasteiger partial charge on any atom is 0.306 e. The summed E-state index contributed by atoms with van der Waals surface area (Å²) in [6, 6.07) is 0. The van der Waals surface area contributed by atoms with Crippen LogP contribution in [0.4, 0.5) is 0 Å². The van der Waals surface area contributed by atoms with Gasteiger partial charge in [-0.25, -0.2) is 0 Å². The van der Waals surface area contributed by atoms with Gasteiger partial charge in [0.05, 0.1) is 27.7 Å². The Morgan fingerprint density at radius 1 is 0.356 bits per heavy atom. The molecule has 90 heavy (non-hydrogen) atoms. The highest BCUT2D eigenvalue weighted by molar-refractivity contribution is 7.45. The van der Waals surface area contributed by atoms with Gasteiger partial charge < -0.3 is 27.9 Å². The summed E-state index contributed by atoms with van der Waals surface area (Å²) in [5, 5.41) is 0. The highest BCUT2D eigenvalue weighted by Gasteiger charge is 2.22. The number of hydrogen-bond donors (Lipinski definition) is 0. The Balaban J connectivity index is 4.22. The summed E-state index contributed by atoms with van der Waals surface area (Å²) < 4.78 is 34.2. The van der Waals surface area contributed by atoms with E-state index in [0.717, 1.165) is 122 Å². The summed E-state index contributed by atoms with van der Waals surface area (Å²) in [7, 11) is 1.11. The molecule has 0 amide bonds. The largest absolute Gasteiger partial charge is 0.756 e. The standard InChI is InChI=1S/C80H130NO8P/c1-6-8-10-12-14-16-18-20-22-24-26-28-30-32-34-35-36-37-38-39-40-41-42-43-44-45-47-49-51-53-55-57-59-61-63-65-67-69-71-73-80(83)89-78(77-88-90(84,85)87-75-74-81(3,4)5)76-86-79(82)72-70-68-66-64-62-60-58-56-54-52-50-48-46-33-31-29-27-25-23-21-19-17-15-13-11-9-7-2/h8,10,14,16,19-22,25-28,31-34,36-37,39-40,42-43,45,47,51,53,57,59,63,65,78H,6-7,9,11-13,15,17-18,23-24,29-30,35,38,41,44,46,48-50,52,54-56,58,60-62,64,66-77H2,1-5H3/b10-8-,16-14-,21-19-,22-20-,27-25-,28-26-,33-31-,34-32-,37-36-,40-39-,43-42-,47-45-,53-51-,59-57-,65-63-. The number of phosphoric acid groups is 1. The van der Waals surface area contributed by atoms with Gasteiger partial charge in [-0.05, 0) is 141 Å². The molecule has 0 aliphatic rings. The maximum atomic E-state index is 12.8. The lowest BCUT2D eigenvalue weighted by Gasteiger charge is -2.28. The number of likely N-dealkylation sites (N-methyl/N-ethyl adjacent to an activating group) is 1. The summed E-state index contributed by atoms with van der Waals surface area (Å²) in [5.41, 5.74) is 0. The fourth-order valence-corrected chi connectivity index (χ4v) is 9.73. The van der Waals surface area contributed by atoms with E-state index in [4.69, 9.17) is 18.5 Å². The average molecular weight is 1260 g/mol. The van der Waals surface area contributed by atoms with E-state index >= 15 is 0 Å². The van der Waals surface area contributed by atoms with Gasteiger partial charge in [0, 0.05) is 12.8 Å². The molecule has 0 bridgehead atoms. The van der Waals surface area contributed by atoms with Gasteiger partial charge in [0.2, 0.25) is 0 Å². The van der Waals surface area contributed by atoms with Crippen LogP contribution in [-0.4, -0.2) is 70.0 Å². The lowest BCUT2D eigenvalue weighted by Crippen LogP contribution is -2.37. The number of quaternary nitrogens is 1. The number of esters is 2. The third-order valence-electron chi connectivity index (χ3n) is 14.4. The molecular weight excluding hydrogens is 1130 g/mol. The van der Waals surface area contributed by atoms with E-state index in [9.17, 15) is 19.0 Å². The van der Waals surface area contributed by atoms with Crippen LogP contribution in [0.25, 0.3) is 0 Å². The quantitative estimate of drug-likeness (QED) is 0.0195. The summed E-state index contributed by atoms with van der Waals surface area (Å²) in [4.78, 5) is 38.0. The molecule has 0 aliphatic carbocycles. The second-order valence-electron chi connectivity index (χ2n) is 24.2. The summed E-state index contributed by atoms with van der Waals surface area (Å²) in [5.74, 6) is -0.897. The van der Waals surface area contributed by atoms with Gasteiger partial charge in [-0.15, -0.1) is 0 Å². The Hall–Kier alpha value is -4.89. The van der Waals surface area contributed by atoms with Gasteiger partial charge in [-0.1, -0.05) is 286 Å². The van der Waals surface area contributed by atoms with Crippen LogP contribution in [0.15, 0.2) is 182 Å². The second-order valence-corrected chi connectivity index (χ2v) is 25.6. The first kappa shape index (κ1) is 85.1. The molecule has 2 unspecified atom stereocenters. The number of unbranched alkanes of at least 4 members (excludes halogenated alkanes) is 19. The molecule has 0 spiro atoms. The zero-order chi connectivity index (χ0) is 65.5. The van der Waals surface area contributed by atoms with Crippen LogP contribution in [-0.2, 0) is 32.7 Å². The Morgan fingerprint density at radius 3 is 0.967 bits per heavy atom. The molecule has 0 aromatic heterocycles. The third-order valence-corrected chi connectivity index (χ3v) is 15.4. The minimum absolute atomic E-state index is 0.0495. The van der Waals surface area contributed by atoms with Crippen LogP contribution < -0.4 is 4.89 Å². The van der Waals surface area contributed by atoms with Gasteiger partial charge in [0.1, 0.15) is 19.8 Å². The lowest BCUT2D eigenvalue weighted by molar-refractivity contribution is -0.870. The molecule has 0 rings (SSSR count). The van der Waals surface area contributed by atoms with Crippen molar-refractivity contribution >= 4 is 19.8 Å². The van der Waals surface area contributed by atoms with E-state index in [-0.39, 0.29) is 26.1 Å². The first-order chi connectivity index (χ1) is 44.0. The number of carbonyl (C=O) groups excluding carboxylic acids is 2. The zero-order valence-corrected chi connectivity index (χ0v) is 58.7. The molecule has 508 valence electrons. The van der Waals surface area contributed by atoms with Crippen molar-refractivity contribution in [3.8, 4) is 0 Å². The van der Waals surface area contributed by atoms with Crippen LogP contribution in [0.5, 0.6) is 0 Å². The second kappa shape index (κ2) is 68.5. The molecule has 10 heteroatoms. The fraction of sp³-hybridized carbons (Fsp3) is 0.600. The Bertz CT molecular complexity index is 2170. The highest BCUT2D eigenvalue weighted by atomic mass is 31.2. The van der Waals surface area contributed by atoms with E-state index in [1.165, 1.54) is 96.3 Å². The fourth-order valence-electron chi connectivity index (χ4n) is 9.00. The SMILES string of the molecule is CC/C=C\C/C=C\C/C=C\C/C=C\C/C=C\C/C=C\C/C=C\C/C=C\C/C=C\C/C=C\C/C=C\C/C=C\CCCCC(=O)OC(COC(=O)CCCCCCCCCCCCCC/C=C\C/C=C\C/C=C\CCCCCCC)COP(=O)([O-])OCC[N+](C)(C)C. The zero-order valence-electron chi connectivity index (χ0n) is 57.8. The third kappa shape index (κ3) is 72.2. The molecule has 0 radical (unpaired) electrons. The molecule has 0 saturated heterocycles. The predicted molar refractivity (Wildman–Crippen MR) is 387 cm³/mol. The number of rotatable bonds is 63. The van der Waals surface area contributed by atoms with Crippen molar-refractivity contribution in [2.24, 2.45) is 0 Å². The van der Waals surface area contributed by atoms with Crippen LogP contribution >= 0.6 is 7.82 Å². The summed E-state index contributed by atoms with van der Waals surface area (Å²) in [6.07, 6.45) is 105. The monoisotopic (exact) mass is 1260 g/mol. The minimum atomic E-state index is -4.67. The van der Waals surface area contributed by atoms with E-state index in [1.807, 2.05) is 21.1 Å². The molecule has 0 aromatic rings. The van der Waals surface area contributed by atoms with Crippen molar-refractivity contribution in [1.29, 1.82) is 0 Å². The van der Waals surface area contributed by atoms with Crippen molar-refractivity contribution in [3.63, 3.8) is 0 Å².